The van der Waals surface area contributed by atoms with Gasteiger partial charge in [-0.05, 0) is 88.0 Å². The van der Waals surface area contributed by atoms with Gasteiger partial charge in [-0.3, -0.25) is 9.59 Å². The molecule has 63 heavy (non-hydrogen) atoms. The molecule has 0 atom stereocenters. The number of hydrogen-bond donors (Lipinski definition) is 6. The monoisotopic (exact) mass is 928 g/mol. The minimum Gasteiger partial charge on any atom is -0.476 e. The Morgan fingerprint density at radius 3 is 1.38 bits per heavy atom. The summed E-state index contributed by atoms with van der Waals surface area (Å²) in [6, 6.07) is 6.96. The number of hydrogen-bond acceptors (Lipinski definition) is 16. The van der Waals surface area contributed by atoms with Crippen molar-refractivity contribution in [3.63, 3.8) is 0 Å². The highest BCUT2D eigenvalue weighted by atomic mass is 35.5. The third-order valence-corrected chi connectivity index (χ3v) is 11.6. The van der Waals surface area contributed by atoms with Crippen LogP contribution in [-0.2, 0) is 0 Å². The van der Waals surface area contributed by atoms with E-state index in [1.807, 2.05) is 0 Å². The van der Waals surface area contributed by atoms with Crippen LogP contribution in [0.5, 0.6) is 11.8 Å². The number of nitrogens with zero attached hydrogens (tertiary/aromatic N) is 6. The summed E-state index contributed by atoms with van der Waals surface area (Å²) in [6.45, 7) is 4.70. The molecule has 0 aliphatic carbocycles. The molecule has 2 saturated heterocycles. The molecule has 0 bridgehead atoms. The lowest BCUT2D eigenvalue weighted by Gasteiger charge is -2.22. The second-order valence-electron chi connectivity index (χ2n) is 14.1. The Labute approximate surface area is 372 Å². The zero-order chi connectivity index (χ0) is 43.6. The van der Waals surface area contributed by atoms with Gasteiger partial charge in [-0.15, -0.1) is 12.4 Å². The highest BCUT2D eigenvalue weighted by molar-refractivity contribution is 7.19. The van der Waals surface area contributed by atoms with Gasteiger partial charge >= 0.3 is 0 Å². The largest absolute Gasteiger partial charge is 0.476 e. The van der Waals surface area contributed by atoms with Crippen LogP contribution in [0.25, 0.3) is 21.1 Å². The van der Waals surface area contributed by atoms with E-state index in [1.54, 1.807) is 0 Å². The van der Waals surface area contributed by atoms with E-state index in [0.29, 0.717) is 25.0 Å². The standard InChI is InChI=1S/2C20H20F2N6O2S.ClH/c2*21-12-2-1-3-13(22)15(12)20-28-16(17(23)31-20)18(29)27-14-8-25-10-26-19(14)30-9-11-4-6-24-7-5-11;/h2*1-3,8,10-11,24H,4-7,9,23H2,(H,27,29);1H. The normalized spacial score (nSPS) is 14.2. The average molecular weight is 929 g/mol. The molecule has 0 saturated carbocycles. The maximum absolute atomic E-state index is 14.1. The molecule has 2 aliphatic heterocycles. The lowest BCUT2D eigenvalue weighted by molar-refractivity contribution is 0.101. The summed E-state index contributed by atoms with van der Waals surface area (Å²) in [5.41, 5.74) is 11.4. The first kappa shape index (κ1) is 46.4. The number of amides is 2. The summed E-state index contributed by atoms with van der Waals surface area (Å²) in [6.07, 6.45) is 9.45. The van der Waals surface area contributed by atoms with Gasteiger partial charge in [0.15, 0.2) is 11.4 Å². The molecule has 23 heteroatoms. The number of piperidine rings is 2. The number of thiazole rings is 2. The van der Waals surface area contributed by atoms with Gasteiger partial charge in [0.2, 0.25) is 11.8 Å². The van der Waals surface area contributed by atoms with Gasteiger partial charge in [0.1, 0.15) is 67.3 Å². The van der Waals surface area contributed by atoms with E-state index < -0.39 is 35.1 Å². The highest BCUT2D eigenvalue weighted by Gasteiger charge is 2.25. The Hall–Kier alpha value is -6.07. The van der Waals surface area contributed by atoms with Gasteiger partial charge in [-0.25, -0.2) is 37.5 Å². The zero-order valence-corrected chi connectivity index (χ0v) is 35.7. The van der Waals surface area contributed by atoms with E-state index in [0.717, 1.165) is 98.8 Å². The number of carbonyl (C=O) groups excluding carboxylic acids is 2. The van der Waals surface area contributed by atoms with Gasteiger partial charge in [0, 0.05) is 0 Å². The quantitative estimate of drug-likeness (QED) is 0.0711. The molecule has 2 fully saturated rings. The molecule has 8 N–H and O–H groups in total. The predicted octanol–water partition coefficient (Wildman–Crippen LogP) is 6.60. The minimum atomic E-state index is -0.786. The van der Waals surface area contributed by atoms with Crippen LogP contribution in [-0.4, -0.2) is 81.1 Å². The van der Waals surface area contributed by atoms with E-state index in [-0.39, 0.29) is 78.1 Å². The average Bonchev–Trinajstić information content (AvgIpc) is 3.85. The van der Waals surface area contributed by atoms with Crippen molar-refractivity contribution in [1.82, 2.24) is 40.5 Å². The van der Waals surface area contributed by atoms with Crippen molar-refractivity contribution < 1.29 is 36.6 Å². The summed E-state index contributed by atoms with van der Waals surface area (Å²) >= 11 is 1.65. The van der Waals surface area contributed by atoms with Crippen molar-refractivity contribution in [2.45, 2.75) is 25.7 Å². The molecule has 4 aromatic heterocycles. The number of aromatic nitrogens is 6. The van der Waals surface area contributed by atoms with Crippen molar-refractivity contribution in [3.8, 4) is 32.9 Å². The van der Waals surface area contributed by atoms with Gasteiger partial charge in [0.25, 0.3) is 11.8 Å². The maximum Gasteiger partial charge on any atom is 0.277 e. The number of carbonyl (C=O) groups is 2. The zero-order valence-electron chi connectivity index (χ0n) is 33.2. The number of ether oxygens (including phenoxy) is 2. The molecule has 2 amide bonds. The van der Waals surface area contributed by atoms with Crippen molar-refractivity contribution in [3.05, 3.63) is 96.1 Å². The fourth-order valence-electron chi connectivity index (χ4n) is 6.50. The van der Waals surface area contributed by atoms with Crippen LogP contribution in [0.4, 0.5) is 38.9 Å². The maximum atomic E-state index is 14.1. The van der Waals surface area contributed by atoms with Crippen LogP contribution in [0.15, 0.2) is 61.4 Å². The molecular weight excluding hydrogens is 888 g/mol. The molecule has 6 aromatic rings. The van der Waals surface area contributed by atoms with Crippen LogP contribution in [0.1, 0.15) is 46.7 Å². The van der Waals surface area contributed by atoms with Crippen molar-refractivity contribution in [2.75, 3.05) is 61.5 Å². The van der Waals surface area contributed by atoms with Crippen molar-refractivity contribution >= 4 is 68.3 Å². The molecular formula is C40H41ClF4N12O4S2. The van der Waals surface area contributed by atoms with E-state index in [9.17, 15) is 27.2 Å². The molecule has 0 spiro atoms. The Kier molecular flexibility index (Phi) is 16.1. The Morgan fingerprint density at radius 2 is 1.02 bits per heavy atom. The van der Waals surface area contributed by atoms with Gasteiger partial charge < -0.3 is 42.2 Å². The molecule has 6 heterocycles. The molecule has 0 unspecified atom stereocenters. The minimum absolute atomic E-state index is 0. The van der Waals surface area contributed by atoms with Crippen molar-refractivity contribution in [1.29, 1.82) is 0 Å². The van der Waals surface area contributed by atoms with Gasteiger partial charge in [0.05, 0.1) is 36.7 Å². The third kappa shape index (κ3) is 11.7. The molecule has 8 rings (SSSR count). The molecule has 0 radical (unpaired) electrons. The first-order chi connectivity index (χ1) is 30.0. The number of nitrogen functional groups attached to an aromatic ring is 2. The second kappa shape index (κ2) is 21.8. The van der Waals surface area contributed by atoms with E-state index >= 15 is 0 Å². The molecule has 16 nitrogen and oxygen atoms in total. The lowest BCUT2D eigenvalue weighted by atomic mass is 9.99. The van der Waals surface area contributed by atoms with Gasteiger partial charge in [-0.2, -0.15) is 9.97 Å². The van der Waals surface area contributed by atoms with E-state index in [2.05, 4.69) is 51.2 Å². The first-order valence-electron chi connectivity index (χ1n) is 19.4. The topological polar surface area (TPSA) is 230 Å². The third-order valence-electron chi connectivity index (χ3n) is 9.77. The molecule has 332 valence electrons. The Bertz CT molecular complexity index is 2310. The number of rotatable bonds is 12. The fraction of sp³-hybridized carbons (Fsp3) is 0.300. The summed E-state index contributed by atoms with van der Waals surface area (Å²) in [5.74, 6) is -3.20. The smallest absolute Gasteiger partial charge is 0.277 e. The van der Waals surface area contributed by atoms with Crippen LogP contribution in [0.2, 0.25) is 0 Å². The number of nitrogens with one attached hydrogen (secondary N) is 4. The highest BCUT2D eigenvalue weighted by Crippen LogP contribution is 2.36. The van der Waals surface area contributed by atoms with Crippen molar-refractivity contribution in [2.24, 2.45) is 11.8 Å². The first-order valence-corrected chi connectivity index (χ1v) is 21.0. The SMILES string of the molecule is Cl.Nc1sc(-c2c(F)cccc2F)nc1C(=O)Nc1cncnc1OCC1CCNCC1.Nc1sc(-c2c(F)cccc2F)nc1C(=O)Nc1cncnc1OCC1CCNCC1. The summed E-state index contributed by atoms with van der Waals surface area (Å²) in [7, 11) is 0. The molecule has 2 aromatic carbocycles. The Morgan fingerprint density at radius 1 is 0.651 bits per heavy atom. The van der Waals surface area contributed by atoms with Crippen LogP contribution >= 0.6 is 35.1 Å². The van der Waals surface area contributed by atoms with E-state index in [1.165, 1.54) is 37.2 Å². The summed E-state index contributed by atoms with van der Waals surface area (Å²) < 4.78 is 67.9. The number of halogens is 5. The van der Waals surface area contributed by atoms with E-state index in [4.69, 9.17) is 20.9 Å². The number of anilines is 4. The van der Waals surface area contributed by atoms with Crippen LogP contribution in [0, 0.1) is 35.1 Å². The fourth-order valence-corrected chi connectivity index (χ4v) is 8.25. The lowest BCUT2D eigenvalue weighted by Crippen LogP contribution is -2.30. The van der Waals surface area contributed by atoms with Gasteiger partial charge in [-0.1, -0.05) is 34.8 Å². The predicted molar refractivity (Wildman–Crippen MR) is 233 cm³/mol. The number of nitrogens with two attached hydrogens (primary N) is 2. The van der Waals surface area contributed by atoms with Crippen LogP contribution < -0.4 is 42.2 Å². The Balaban J connectivity index is 0.000000206. The summed E-state index contributed by atoms with van der Waals surface area (Å²) in [4.78, 5) is 49.7. The molecule has 2 aliphatic rings. The summed E-state index contributed by atoms with van der Waals surface area (Å²) in [5, 5.41) is 11.8. The number of benzene rings is 2. The second-order valence-corrected chi connectivity index (χ2v) is 16.1. The van der Waals surface area contributed by atoms with Crippen LogP contribution in [0.3, 0.4) is 0 Å².